The van der Waals surface area contributed by atoms with E-state index >= 15 is 0 Å². The molecule has 1 aliphatic rings. The molecule has 0 aliphatic carbocycles. The number of carbonyl (C=O) groups is 5. The Morgan fingerprint density at radius 2 is 1.11 bits per heavy atom. The van der Waals surface area contributed by atoms with Crippen LogP contribution in [0.4, 0.5) is 0 Å². The second kappa shape index (κ2) is 9.86. The lowest BCUT2D eigenvalue weighted by Crippen LogP contribution is -2.52. The molecule has 0 aromatic carbocycles. The van der Waals surface area contributed by atoms with E-state index in [0.717, 1.165) is 6.92 Å². The molecule has 0 aromatic heterocycles. The Hall–Kier alpha value is -2.69. The van der Waals surface area contributed by atoms with Crippen LogP contribution in [0.1, 0.15) is 32.6 Å². The maximum Gasteiger partial charge on any atom is 0.305 e. The zero-order valence-corrected chi connectivity index (χ0v) is 14.6. The number of esters is 1. The van der Waals surface area contributed by atoms with Crippen molar-refractivity contribution in [2.75, 3.05) is 6.61 Å². The SMILES string of the molecule is CC(=O)OC[C@@H]1O[C@H](CC(=O)O)[C@H](CC(=O)O)[C@H](CC(=O)O)[C@H]1CC(=O)O. The van der Waals surface area contributed by atoms with Crippen molar-refractivity contribution >= 4 is 29.8 Å². The summed E-state index contributed by atoms with van der Waals surface area (Å²) >= 11 is 0. The van der Waals surface area contributed by atoms with Gasteiger partial charge in [-0.15, -0.1) is 0 Å². The zero-order chi connectivity index (χ0) is 20.7. The van der Waals surface area contributed by atoms with Gasteiger partial charge in [-0.2, -0.15) is 0 Å². The van der Waals surface area contributed by atoms with Gasteiger partial charge in [0.2, 0.25) is 0 Å². The average Bonchev–Trinajstić information content (AvgIpc) is 2.49. The summed E-state index contributed by atoms with van der Waals surface area (Å²) in [5, 5.41) is 36.6. The number of ether oxygens (including phenoxy) is 2. The van der Waals surface area contributed by atoms with Crippen LogP contribution in [0.5, 0.6) is 0 Å². The number of aliphatic carboxylic acids is 4. The lowest BCUT2D eigenvalue weighted by Gasteiger charge is -2.45. The molecule has 0 unspecified atom stereocenters. The molecule has 0 amide bonds. The molecule has 0 bridgehead atoms. The third-order valence-electron chi connectivity index (χ3n) is 4.46. The van der Waals surface area contributed by atoms with Gasteiger partial charge in [-0.25, -0.2) is 0 Å². The Bertz CT molecular complexity index is 599. The summed E-state index contributed by atoms with van der Waals surface area (Å²) in [5.74, 6) is -8.77. The van der Waals surface area contributed by atoms with Gasteiger partial charge in [-0.3, -0.25) is 24.0 Å². The fourth-order valence-corrected chi connectivity index (χ4v) is 3.50. The first kappa shape index (κ1) is 22.4. The van der Waals surface area contributed by atoms with Crippen LogP contribution in [-0.2, 0) is 33.4 Å². The van der Waals surface area contributed by atoms with Crippen LogP contribution < -0.4 is 0 Å². The quantitative estimate of drug-likeness (QED) is 0.370. The Kier molecular flexibility index (Phi) is 8.16. The molecule has 11 heteroatoms. The van der Waals surface area contributed by atoms with Crippen LogP contribution in [0, 0.1) is 17.8 Å². The molecule has 1 saturated heterocycles. The number of carboxylic acid groups (broad SMARTS) is 4. The van der Waals surface area contributed by atoms with Gasteiger partial charge >= 0.3 is 29.8 Å². The highest BCUT2D eigenvalue weighted by atomic mass is 16.6. The maximum atomic E-state index is 11.3. The van der Waals surface area contributed by atoms with Gasteiger partial charge in [0.15, 0.2) is 0 Å². The van der Waals surface area contributed by atoms with E-state index in [1.54, 1.807) is 0 Å². The van der Waals surface area contributed by atoms with E-state index in [1.807, 2.05) is 0 Å². The molecule has 1 fully saturated rings. The van der Waals surface area contributed by atoms with Crippen molar-refractivity contribution in [2.45, 2.75) is 44.8 Å². The molecule has 0 spiro atoms. The van der Waals surface area contributed by atoms with Crippen molar-refractivity contribution in [1.82, 2.24) is 0 Å². The molecule has 11 nitrogen and oxygen atoms in total. The number of hydrogen-bond donors (Lipinski definition) is 4. The van der Waals surface area contributed by atoms with Crippen molar-refractivity contribution in [3.8, 4) is 0 Å². The molecule has 27 heavy (non-hydrogen) atoms. The summed E-state index contributed by atoms with van der Waals surface area (Å²) in [6.07, 6.45) is -4.50. The molecule has 5 atom stereocenters. The summed E-state index contributed by atoms with van der Waals surface area (Å²) in [5.41, 5.74) is 0. The van der Waals surface area contributed by atoms with Crippen LogP contribution in [-0.4, -0.2) is 69.1 Å². The van der Waals surface area contributed by atoms with E-state index in [9.17, 15) is 34.2 Å². The minimum atomic E-state index is -1.29. The second-order valence-corrected chi connectivity index (χ2v) is 6.40. The number of carboxylic acids is 4. The Morgan fingerprint density at radius 3 is 1.52 bits per heavy atom. The Labute approximate surface area is 153 Å². The molecule has 1 heterocycles. The zero-order valence-electron chi connectivity index (χ0n) is 14.6. The van der Waals surface area contributed by atoms with Crippen LogP contribution >= 0.6 is 0 Å². The van der Waals surface area contributed by atoms with E-state index in [4.69, 9.17) is 19.7 Å². The van der Waals surface area contributed by atoms with Gasteiger partial charge in [0.05, 0.1) is 31.5 Å². The van der Waals surface area contributed by atoms with Gasteiger partial charge in [-0.1, -0.05) is 0 Å². The Morgan fingerprint density at radius 1 is 0.704 bits per heavy atom. The highest BCUT2D eigenvalue weighted by molar-refractivity contribution is 5.71. The summed E-state index contributed by atoms with van der Waals surface area (Å²) in [6, 6.07) is 0. The monoisotopic (exact) mass is 390 g/mol. The summed E-state index contributed by atoms with van der Waals surface area (Å²) in [6.45, 7) is 0.727. The summed E-state index contributed by atoms with van der Waals surface area (Å²) in [4.78, 5) is 56.0. The van der Waals surface area contributed by atoms with E-state index < -0.39 is 85.5 Å². The molecule has 0 saturated carbocycles. The van der Waals surface area contributed by atoms with Gasteiger partial charge in [0, 0.05) is 19.3 Å². The number of hydrogen-bond acceptors (Lipinski definition) is 7. The molecule has 1 rings (SSSR count). The minimum Gasteiger partial charge on any atom is -0.481 e. The van der Waals surface area contributed by atoms with Gasteiger partial charge in [-0.05, 0) is 11.8 Å². The van der Waals surface area contributed by atoms with Gasteiger partial charge < -0.3 is 29.9 Å². The predicted octanol–water partition coefficient (Wildman–Crippen LogP) is 0.0643. The summed E-state index contributed by atoms with van der Waals surface area (Å²) < 4.78 is 10.5. The minimum absolute atomic E-state index is 0.390. The molecular formula is C16H22O11. The highest BCUT2D eigenvalue weighted by Gasteiger charge is 2.48. The number of rotatable bonds is 10. The third kappa shape index (κ3) is 7.21. The summed E-state index contributed by atoms with van der Waals surface area (Å²) in [7, 11) is 0. The lowest BCUT2D eigenvalue weighted by molar-refractivity contribution is -0.191. The third-order valence-corrected chi connectivity index (χ3v) is 4.46. The van der Waals surface area contributed by atoms with Crippen molar-refractivity contribution < 1.29 is 53.9 Å². The van der Waals surface area contributed by atoms with E-state index in [-0.39, 0.29) is 6.61 Å². The van der Waals surface area contributed by atoms with Crippen molar-refractivity contribution in [3.05, 3.63) is 0 Å². The van der Waals surface area contributed by atoms with Gasteiger partial charge in [0.25, 0.3) is 0 Å². The lowest BCUT2D eigenvalue weighted by atomic mass is 9.69. The van der Waals surface area contributed by atoms with Crippen molar-refractivity contribution in [3.63, 3.8) is 0 Å². The first-order chi connectivity index (χ1) is 12.5. The first-order valence-corrected chi connectivity index (χ1v) is 8.17. The van der Waals surface area contributed by atoms with Crippen LogP contribution in [0.15, 0.2) is 0 Å². The number of carbonyl (C=O) groups excluding carboxylic acids is 1. The highest BCUT2D eigenvalue weighted by Crippen LogP contribution is 2.42. The van der Waals surface area contributed by atoms with Crippen LogP contribution in [0.3, 0.4) is 0 Å². The van der Waals surface area contributed by atoms with Crippen molar-refractivity contribution in [2.24, 2.45) is 17.8 Å². The standard InChI is InChI=1S/C16H22O11/c1-7(17)26-6-12-10(4-15(22)23)8(2-13(18)19)9(3-14(20)21)11(27-12)5-16(24)25/h8-12H,2-6H2,1H3,(H,18,19)(H,20,21)(H,22,23)(H,24,25)/t8-,9+,10+,11+,12-/m0/s1. The Balaban J connectivity index is 3.29. The fourth-order valence-electron chi connectivity index (χ4n) is 3.50. The van der Waals surface area contributed by atoms with E-state index in [2.05, 4.69) is 0 Å². The molecular weight excluding hydrogens is 368 g/mol. The van der Waals surface area contributed by atoms with Crippen LogP contribution in [0.2, 0.25) is 0 Å². The normalized spacial score (nSPS) is 27.5. The largest absolute Gasteiger partial charge is 0.481 e. The first-order valence-electron chi connectivity index (χ1n) is 8.17. The van der Waals surface area contributed by atoms with E-state index in [1.165, 1.54) is 0 Å². The molecule has 152 valence electrons. The fraction of sp³-hybridized carbons (Fsp3) is 0.688. The molecule has 1 aliphatic heterocycles. The maximum absolute atomic E-state index is 11.3. The molecule has 0 radical (unpaired) electrons. The second-order valence-electron chi connectivity index (χ2n) is 6.40. The molecule has 4 N–H and O–H groups in total. The molecule has 0 aromatic rings. The average molecular weight is 390 g/mol. The van der Waals surface area contributed by atoms with Gasteiger partial charge in [0.1, 0.15) is 6.61 Å². The predicted molar refractivity (Wildman–Crippen MR) is 84.8 cm³/mol. The van der Waals surface area contributed by atoms with Crippen molar-refractivity contribution in [1.29, 1.82) is 0 Å². The topological polar surface area (TPSA) is 185 Å². The smallest absolute Gasteiger partial charge is 0.305 e. The van der Waals surface area contributed by atoms with Crippen LogP contribution in [0.25, 0.3) is 0 Å². The van der Waals surface area contributed by atoms with E-state index in [0.29, 0.717) is 0 Å².